The standard InChI is InChI=1S/C33H35NO2.ClH/c1-21-15-16-27(22(2)32(21)33(35)36)31-20-24(19-26-10-5-7-13-30(26)31)17-18-34-23(3)28-14-8-11-25-9-4-6-12-29(25)28;/h4-16,23-24,31,34H,17-20H2,1-3H3,(H,35,36);1H/t23-,24?,31?;/m1./s1. The van der Waals surface area contributed by atoms with Crippen LogP contribution in [0.1, 0.15) is 75.5 Å². The average molecular weight is 514 g/mol. The van der Waals surface area contributed by atoms with E-state index in [1.165, 1.54) is 27.5 Å². The highest BCUT2D eigenvalue weighted by Crippen LogP contribution is 2.42. The summed E-state index contributed by atoms with van der Waals surface area (Å²) in [4.78, 5) is 12.0. The van der Waals surface area contributed by atoms with Gasteiger partial charge in [0.2, 0.25) is 0 Å². The van der Waals surface area contributed by atoms with E-state index in [-0.39, 0.29) is 24.4 Å². The maximum absolute atomic E-state index is 12.0. The van der Waals surface area contributed by atoms with E-state index in [4.69, 9.17) is 0 Å². The van der Waals surface area contributed by atoms with Gasteiger partial charge in [-0.2, -0.15) is 0 Å². The number of fused-ring (bicyclic) bond motifs is 2. The highest BCUT2D eigenvalue weighted by atomic mass is 35.5. The molecule has 1 aliphatic carbocycles. The van der Waals surface area contributed by atoms with Gasteiger partial charge in [0.25, 0.3) is 0 Å². The second-order valence-electron chi connectivity index (χ2n) is 10.4. The van der Waals surface area contributed by atoms with Gasteiger partial charge in [0.15, 0.2) is 0 Å². The predicted octanol–water partition coefficient (Wildman–Crippen LogP) is 8.01. The molecule has 4 heteroatoms. The molecule has 0 fully saturated rings. The van der Waals surface area contributed by atoms with Gasteiger partial charge in [0, 0.05) is 12.0 Å². The zero-order valence-corrected chi connectivity index (χ0v) is 22.6. The fourth-order valence-corrected chi connectivity index (χ4v) is 6.24. The topological polar surface area (TPSA) is 49.3 Å². The largest absolute Gasteiger partial charge is 0.478 e. The van der Waals surface area contributed by atoms with Crippen LogP contribution in [-0.4, -0.2) is 17.6 Å². The SMILES string of the molecule is Cc1ccc(C2CC(CCN[C@H](C)c3cccc4ccccc34)Cc3ccccc32)c(C)c1C(=O)O.Cl. The molecule has 37 heavy (non-hydrogen) atoms. The van der Waals surface area contributed by atoms with Crippen LogP contribution < -0.4 is 5.32 Å². The number of benzene rings is 4. The zero-order valence-electron chi connectivity index (χ0n) is 21.8. The first kappa shape index (κ1) is 26.9. The Morgan fingerprint density at radius 3 is 2.49 bits per heavy atom. The van der Waals surface area contributed by atoms with Gasteiger partial charge in [-0.25, -0.2) is 4.79 Å². The predicted molar refractivity (Wildman–Crippen MR) is 155 cm³/mol. The Hall–Kier alpha value is -3.14. The van der Waals surface area contributed by atoms with Crippen molar-refractivity contribution >= 4 is 29.1 Å². The molecule has 4 aromatic carbocycles. The molecule has 192 valence electrons. The number of carbonyl (C=O) groups is 1. The summed E-state index contributed by atoms with van der Waals surface area (Å²) in [7, 11) is 0. The third-order valence-electron chi connectivity index (χ3n) is 8.11. The van der Waals surface area contributed by atoms with Gasteiger partial charge in [-0.05, 0) is 96.6 Å². The highest BCUT2D eigenvalue weighted by molar-refractivity contribution is 5.91. The fourth-order valence-electron chi connectivity index (χ4n) is 6.24. The Bertz CT molecular complexity index is 1410. The van der Waals surface area contributed by atoms with E-state index in [2.05, 4.69) is 85.0 Å². The van der Waals surface area contributed by atoms with Gasteiger partial charge in [-0.3, -0.25) is 0 Å². The second kappa shape index (κ2) is 11.5. The minimum atomic E-state index is -0.834. The maximum atomic E-state index is 12.0. The van der Waals surface area contributed by atoms with Gasteiger partial charge in [-0.15, -0.1) is 12.4 Å². The summed E-state index contributed by atoms with van der Waals surface area (Å²) in [6.45, 7) is 7.08. The summed E-state index contributed by atoms with van der Waals surface area (Å²) in [5.74, 6) is -0.0562. The van der Waals surface area contributed by atoms with Crippen LogP contribution in [0.5, 0.6) is 0 Å². The first-order valence-electron chi connectivity index (χ1n) is 13.1. The molecule has 1 aliphatic rings. The number of aromatic carboxylic acids is 1. The summed E-state index contributed by atoms with van der Waals surface area (Å²) in [6.07, 6.45) is 3.22. The summed E-state index contributed by atoms with van der Waals surface area (Å²) in [5, 5.41) is 16.2. The number of aryl methyl sites for hydroxylation is 1. The van der Waals surface area contributed by atoms with Crippen molar-refractivity contribution in [1.82, 2.24) is 5.32 Å². The molecule has 2 N–H and O–H groups in total. The highest BCUT2D eigenvalue weighted by Gasteiger charge is 2.30. The first-order chi connectivity index (χ1) is 17.4. The Kier molecular flexibility index (Phi) is 8.36. The third-order valence-corrected chi connectivity index (χ3v) is 8.11. The molecule has 0 heterocycles. The van der Waals surface area contributed by atoms with E-state index < -0.39 is 5.97 Å². The molecule has 5 rings (SSSR count). The molecule has 3 atom stereocenters. The fraction of sp³-hybridized carbons (Fsp3) is 0.303. The van der Waals surface area contributed by atoms with Gasteiger partial charge in [-0.1, -0.05) is 78.9 Å². The van der Waals surface area contributed by atoms with Crippen molar-refractivity contribution in [2.24, 2.45) is 5.92 Å². The van der Waals surface area contributed by atoms with Crippen LogP contribution >= 0.6 is 12.4 Å². The van der Waals surface area contributed by atoms with Gasteiger partial charge >= 0.3 is 5.97 Å². The van der Waals surface area contributed by atoms with Crippen molar-refractivity contribution in [2.45, 2.75) is 52.0 Å². The summed E-state index contributed by atoms with van der Waals surface area (Å²) in [5.41, 5.74) is 7.45. The quantitative estimate of drug-likeness (QED) is 0.263. The lowest BCUT2D eigenvalue weighted by Crippen LogP contribution is -2.26. The minimum absolute atomic E-state index is 0. The Labute approximate surface area is 226 Å². The van der Waals surface area contributed by atoms with E-state index in [0.717, 1.165) is 42.5 Å². The van der Waals surface area contributed by atoms with Crippen LogP contribution in [0.4, 0.5) is 0 Å². The average Bonchev–Trinajstić information content (AvgIpc) is 2.88. The molecule has 0 spiro atoms. The summed E-state index contributed by atoms with van der Waals surface area (Å²) >= 11 is 0. The molecule has 0 amide bonds. The Balaban J connectivity index is 0.00000320. The van der Waals surface area contributed by atoms with Gasteiger partial charge < -0.3 is 10.4 Å². The van der Waals surface area contributed by atoms with Crippen molar-refractivity contribution in [3.63, 3.8) is 0 Å². The molecule has 0 bridgehead atoms. The molecule has 0 saturated carbocycles. The van der Waals surface area contributed by atoms with Crippen LogP contribution in [-0.2, 0) is 6.42 Å². The van der Waals surface area contributed by atoms with Crippen LogP contribution in [0.25, 0.3) is 10.8 Å². The van der Waals surface area contributed by atoms with Crippen molar-refractivity contribution in [1.29, 1.82) is 0 Å². The summed E-state index contributed by atoms with van der Waals surface area (Å²) in [6, 6.07) is 28.3. The smallest absolute Gasteiger partial charge is 0.336 e. The molecule has 3 nitrogen and oxygen atoms in total. The molecular formula is C33H36ClNO2. The third kappa shape index (κ3) is 5.44. The Morgan fingerprint density at radius 1 is 0.946 bits per heavy atom. The number of hydrogen-bond acceptors (Lipinski definition) is 2. The minimum Gasteiger partial charge on any atom is -0.478 e. The lowest BCUT2D eigenvalue weighted by Gasteiger charge is -2.33. The number of rotatable bonds is 7. The van der Waals surface area contributed by atoms with E-state index in [1.54, 1.807) is 0 Å². The molecule has 4 aromatic rings. The molecule has 0 radical (unpaired) electrons. The second-order valence-corrected chi connectivity index (χ2v) is 10.4. The van der Waals surface area contributed by atoms with Crippen LogP contribution in [0.15, 0.2) is 78.9 Å². The molecular weight excluding hydrogens is 478 g/mol. The zero-order chi connectivity index (χ0) is 25.2. The monoisotopic (exact) mass is 513 g/mol. The van der Waals surface area contributed by atoms with Crippen molar-refractivity contribution in [2.75, 3.05) is 6.54 Å². The number of hydrogen-bond donors (Lipinski definition) is 2. The molecule has 0 aromatic heterocycles. The van der Waals surface area contributed by atoms with Crippen molar-refractivity contribution < 1.29 is 9.90 Å². The molecule has 2 unspecified atom stereocenters. The van der Waals surface area contributed by atoms with Crippen molar-refractivity contribution in [3.8, 4) is 0 Å². The van der Waals surface area contributed by atoms with Crippen LogP contribution in [0.2, 0.25) is 0 Å². The number of carboxylic acid groups (broad SMARTS) is 1. The number of halogens is 1. The maximum Gasteiger partial charge on any atom is 0.336 e. The van der Waals surface area contributed by atoms with Gasteiger partial charge in [0.05, 0.1) is 5.56 Å². The lowest BCUT2D eigenvalue weighted by atomic mass is 9.71. The van der Waals surface area contributed by atoms with E-state index in [1.807, 2.05) is 19.9 Å². The lowest BCUT2D eigenvalue weighted by molar-refractivity contribution is 0.0695. The van der Waals surface area contributed by atoms with Crippen molar-refractivity contribution in [3.05, 3.63) is 118 Å². The van der Waals surface area contributed by atoms with Crippen LogP contribution in [0.3, 0.4) is 0 Å². The normalized spacial score (nSPS) is 17.6. The first-order valence-corrected chi connectivity index (χ1v) is 13.1. The van der Waals surface area contributed by atoms with Gasteiger partial charge in [0.1, 0.15) is 0 Å². The number of nitrogens with one attached hydrogen (secondary N) is 1. The van der Waals surface area contributed by atoms with Crippen LogP contribution in [0, 0.1) is 19.8 Å². The van der Waals surface area contributed by atoms with E-state index in [9.17, 15) is 9.90 Å². The van der Waals surface area contributed by atoms with E-state index >= 15 is 0 Å². The Morgan fingerprint density at radius 2 is 1.68 bits per heavy atom. The van der Waals surface area contributed by atoms with E-state index in [0.29, 0.717) is 11.5 Å². The molecule has 0 saturated heterocycles. The summed E-state index contributed by atoms with van der Waals surface area (Å²) < 4.78 is 0. The number of carboxylic acids is 1. The molecule has 0 aliphatic heterocycles.